The fourth-order valence-corrected chi connectivity index (χ4v) is 6.05. The molecule has 6 aromatic rings. The SMILES string of the molecule is CC1(C)c2ccccc2-c2cc3cc(N(c4ccccc4)c4ccccc4)c4ccccc4c3cc21. The van der Waals surface area contributed by atoms with Crippen molar-refractivity contribution in [2.24, 2.45) is 0 Å². The molecular formula is C35H27N. The van der Waals surface area contributed by atoms with Crippen molar-refractivity contribution in [3.8, 4) is 11.1 Å². The Labute approximate surface area is 212 Å². The summed E-state index contributed by atoms with van der Waals surface area (Å²) in [7, 11) is 0. The van der Waals surface area contributed by atoms with Gasteiger partial charge in [0.25, 0.3) is 0 Å². The fourth-order valence-electron chi connectivity index (χ4n) is 6.05. The smallest absolute Gasteiger partial charge is 0.0546 e. The molecule has 1 aliphatic carbocycles. The number of para-hydroxylation sites is 2. The first-order valence-corrected chi connectivity index (χ1v) is 12.6. The second kappa shape index (κ2) is 7.83. The van der Waals surface area contributed by atoms with Gasteiger partial charge < -0.3 is 4.90 Å². The summed E-state index contributed by atoms with van der Waals surface area (Å²) < 4.78 is 0. The van der Waals surface area contributed by atoms with Crippen molar-refractivity contribution in [2.75, 3.05) is 4.90 Å². The van der Waals surface area contributed by atoms with Crippen molar-refractivity contribution >= 4 is 38.6 Å². The van der Waals surface area contributed by atoms with E-state index in [1.54, 1.807) is 0 Å². The first-order chi connectivity index (χ1) is 17.6. The van der Waals surface area contributed by atoms with E-state index in [1.807, 2.05) is 0 Å². The van der Waals surface area contributed by atoms with E-state index >= 15 is 0 Å². The summed E-state index contributed by atoms with van der Waals surface area (Å²) >= 11 is 0. The van der Waals surface area contributed by atoms with Crippen molar-refractivity contribution in [3.05, 3.63) is 139 Å². The molecule has 0 amide bonds. The second-order valence-electron chi connectivity index (χ2n) is 10.2. The molecule has 0 unspecified atom stereocenters. The average Bonchev–Trinajstić information content (AvgIpc) is 3.15. The van der Waals surface area contributed by atoms with Crippen LogP contribution in [0, 0.1) is 0 Å². The van der Waals surface area contributed by atoms with Crippen LogP contribution in [0.5, 0.6) is 0 Å². The molecule has 0 saturated carbocycles. The van der Waals surface area contributed by atoms with E-state index in [0.717, 1.165) is 11.4 Å². The van der Waals surface area contributed by atoms with Crippen LogP contribution in [0.3, 0.4) is 0 Å². The highest BCUT2D eigenvalue weighted by molar-refractivity contribution is 6.16. The Morgan fingerprint density at radius 2 is 1.06 bits per heavy atom. The third-order valence-electron chi connectivity index (χ3n) is 7.81. The summed E-state index contributed by atoms with van der Waals surface area (Å²) in [5.41, 5.74) is 9.03. The summed E-state index contributed by atoms with van der Waals surface area (Å²) in [5, 5.41) is 5.13. The van der Waals surface area contributed by atoms with Gasteiger partial charge in [0.1, 0.15) is 0 Å². The first kappa shape index (κ1) is 21.0. The molecule has 0 heterocycles. The molecule has 1 nitrogen and oxygen atoms in total. The van der Waals surface area contributed by atoms with Crippen molar-refractivity contribution in [1.82, 2.24) is 0 Å². The topological polar surface area (TPSA) is 3.24 Å². The minimum atomic E-state index is -0.0139. The van der Waals surface area contributed by atoms with Crippen LogP contribution in [0.4, 0.5) is 17.1 Å². The van der Waals surface area contributed by atoms with E-state index in [-0.39, 0.29) is 5.41 Å². The molecule has 0 aliphatic heterocycles. The summed E-state index contributed by atoms with van der Waals surface area (Å²) in [6, 6.07) is 46.3. The number of hydrogen-bond donors (Lipinski definition) is 0. The third kappa shape index (κ3) is 3.03. The van der Waals surface area contributed by atoms with Gasteiger partial charge in [0.2, 0.25) is 0 Å². The minimum absolute atomic E-state index is 0.0139. The monoisotopic (exact) mass is 461 g/mol. The number of nitrogens with zero attached hydrogens (tertiary/aromatic N) is 1. The lowest BCUT2D eigenvalue weighted by Crippen LogP contribution is -2.14. The molecule has 0 N–H and O–H groups in total. The molecule has 1 heteroatoms. The first-order valence-electron chi connectivity index (χ1n) is 12.6. The lowest BCUT2D eigenvalue weighted by atomic mass is 9.81. The second-order valence-corrected chi connectivity index (χ2v) is 10.2. The van der Waals surface area contributed by atoms with E-state index in [0.29, 0.717) is 0 Å². The molecule has 172 valence electrons. The summed E-state index contributed by atoms with van der Waals surface area (Å²) in [6.07, 6.45) is 0. The lowest BCUT2D eigenvalue weighted by molar-refractivity contribution is 0.661. The molecule has 36 heavy (non-hydrogen) atoms. The van der Waals surface area contributed by atoms with Gasteiger partial charge in [-0.3, -0.25) is 0 Å². The van der Waals surface area contributed by atoms with Gasteiger partial charge in [0.15, 0.2) is 0 Å². The zero-order valence-corrected chi connectivity index (χ0v) is 20.6. The molecule has 0 aromatic heterocycles. The van der Waals surface area contributed by atoms with E-state index in [9.17, 15) is 0 Å². The van der Waals surface area contributed by atoms with Crippen LogP contribution < -0.4 is 4.90 Å². The van der Waals surface area contributed by atoms with Gasteiger partial charge in [0, 0.05) is 22.2 Å². The highest BCUT2D eigenvalue weighted by Crippen LogP contribution is 2.51. The summed E-state index contributed by atoms with van der Waals surface area (Å²) in [4.78, 5) is 2.38. The standard InChI is InChI=1S/C35H27N/c1-35(2)32-20-12-11-18-28(32)31-21-24-22-34(29-19-10-9-17-27(29)30(24)23-33(31)35)36(25-13-5-3-6-14-25)26-15-7-4-8-16-26/h3-23H,1-2H3. The average molecular weight is 462 g/mol. The minimum Gasteiger partial charge on any atom is -0.310 e. The van der Waals surface area contributed by atoms with E-state index < -0.39 is 0 Å². The Bertz CT molecular complexity index is 1710. The fraction of sp³-hybridized carbons (Fsp3) is 0.0857. The van der Waals surface area contributed by atoms with Gasteiger partial charge in [-0.25, -0.2) is 0 Å². The molecule has 1 aliphatic rings. The van der Waals surface area contributed by atoms with Crippen LogP contribution in [0.15, 0.2) is 127 Å². The Hall–Kier alpha value is -4.36. The molecule has 6 aromatic carbocycles. The zero-order valence-electron chi connectivity index (χ0n) is 20.6. The number of anilines is 3. The normalized spacial score (nSPS) is 13.5. The number of benzene rings is 6. The third-order valence-corrected chi connectivity index (χ3v) is 7.81. The van der Waals surface area contributed by atoms with Gasteiger partial charge in [-0.1, -0.05) is 98.8 Å². The van der Waals surface area contributed by atoms with E-state index in [1.165, 1.54) is 49.5 Å². The van der Waals surface area contributed by atoms with Gasteiger partial charge in [-0.15, -0.1) is 0 Å². The molecule has 0 fully saturated rings. The number of hydrogen-bond acceptors (Lipinski definition) is 1. The van der Waals surface area contributed by atoms with Crippen LogP contribution in [-0.4, -0.2) is 0 Å². The highest BCUT2D eigenvalue weighted by Gasteiger charge is 2.35. The zero-order chi connectivity index (χ0) is 24.3. The molecular weight excluding hydrogens is 434 g/mol. The van der Waals surface area contributed by atoms with Crippen molar-refractivity contribution in [3.63, 3.8) is 0 Å². The molecule has 7 rings (SSSR count). The quantitative estimate of drug-likeness (QED) is 0.237. The van der Waals surface area contributed by atoms with Crippen LogP contribution >= 0.6 is 0 Å². The summed E-state index contributed by atoms with van der Waals surface area (Å²) in [6.45, 7) is 4.71. The maximum absolute atomic E-state index is 2.45. The Balaban J connectivity index is 1.57. The van der Waals surface area contributed by atoms with E-state index in [2.05, 4.69) is 146 Å². The van der Waals surface area contributed by atoms with Crippen LogP contribution in [0.1, 0.15) is 25.0 Å². The van der Waals surface area contributed by atoms with Gasteiger partial charge >= 0.3 is 0 Å². The van der Waals surface area contributed by atoms with Crippen molar-refractivity contribution < 1.29 is 0 Å². The highest BCUT2D eigenvalue weighted by atomic mass is 15.1. The van der Waals surface area contributed by atoms with Crippen molar-refractivity contribution in [2.45, 2.75) is 19.3 Å². The van der Waals surface area contributed by atoms with Gasteiger partial charge in [-0.05, 0) is 80.9 Å². The van der Waals surface area contributed by atoms with Crippen LogP contribution in [-0.2, 0) is 5.41 Å². The predicted octanol–water partition coefficient (Wildman–Crippen LogP) is 9.77. The molecule has 0 saturated heterocycles. The van der Waals surface area contributed by atoms with E-state index in [4.69, 9.17) is 0 Å². The summed E-state index contributed by atoms with van der Waals surface area (Å²) in [5.74, 6) is 0. The predicted molar refractivity (Wildman–Crippen MR) is 154 cm³/mol. The number of fused-ring (bicyclic) bond motifs is 6. The molecule has 0 spiro atoms. The largest absolute Gasteiger partial charge is 0.310 e. The molecule has 0 atom stereocenters. The van der Waals surface area contributed by atoms with Crippen LogP contribution in [0.2, 0.25) is 0 Å². The van der Waals surface area contributed by atoms with Crippen molar-refractivity contribution in [1.29, 1.82) is 0 Å². The Kier molecular flexibility index (Phi) is 4.56. The molecule has 0 bridgehead atoms. The molecule has 0 radical (unpaired) electrons. The van der Waals surface area contributed by atoms with Gasteiger partial charge in [0.05, 0.1) is 5.69 Å². The van der Waals surface area contributed by atoms with Crippen LogP contribution in [0.25, 0.3) is 32.7 Å². The van der Waals surface area contributed by atoms with Gasteiger partial charge in [-0.2, -0.15) is 0 Å². The Morgan fingerprint density at radius 1 is 0.472 bits per heavy atom. The lowest BCUT2D eigenvalue weighted by Gasteiger charge is -2.28. The maximum atomic E-state index is 2.45. The number of rotatable bonds is 3. The Morgan fingerprint density at radius 3 is 1.75 bits per heavy atom. The maximum Gasteiger partial charge on any atom is 0.0546 e.